The maximum atomic E-state index is 13.8. The molecule has 0 spiro atoms. The fourth-order valence-electron chi connectivity index (χ4n) is 4.34. The van der Waals surface area contributed by atoms with Crippen LogP contribution in [0.25, 0.3) is 22.4 Å². The molecule has 39 heavy (non-hydrogen) atoms. The lowest BCUT2D eigenvalue weighted by molar-refractivity contribution is 0.101. The van der Waals surface area contributed by atoms with Gasteiger partial charge in [0, 0.05) is 28.4 Å². The molecule has 5 rings (SSSR count). The lowest BCUT2D eigenvalue weighted by atomic mass is 9.98. The van der Waals surface area contributed by atoms with Gasteiger partial charge < -0.3 is 5.32 Å². The molecule has 0 radical (unpaired) electrons. The van der Waals surface area contributed by atoms with Gasteiger partial charge in [0.1, 0.15) is 11.4 Å². The largest absolute Gasteiger partial charge is 0.321 e. The van der Waals surface area contributed by atoms with Gasteiger partial charge in [-0.1, -0.05) is 84.4 Å². The highest BCUT2D eigenvalue weighted by Gasteiger charge is 2.26. The Morgan fingerprint density at radius 3 is 2.03 bits per heavy atom. The predicted molar refractivity (Wildman–Crippen MR) is 154 cm³/mol. The van der Waals surface area contributed by atoms with Gasteiger partial charge in [-0.05, 0) is 53.9 Å². The summed E-state index contributed by atoms with van der Waals surface area (Å²) in [5, 5.41) is 13.7. The van der Waals surface area contributed by atoms with Crippen molar-refractivity contribution in [1.29, 1.82) is 0 Å². The van der Waals surface area contributed by atoms with Gasteiger partial charge in [-0.2, -0.15) is 5.10 Å². The van der Waals surface area contributed by atoms with Crippen molar-refractivity contribution in [2.24, 2.45) is 5.14 Å². The molecule has 1 heterocycles. The fourth-order valence-corrected chi connectivity index (χ4v) is 4.98. The molecular formula is C30H25ClN4O3S. The monoisotopic (exact) mass is 556 g/mol. The zero-order valence-corrected chi connectivity index (χ0v) is 22.4. The summed E-state index contributed by atoms with van der Waals surface area (Å²) < 4.78 is 25.4. The van der Waals surface area contributed by atoms with Crippen LogP contribution in [0.1, 0.15) is 16.1 Å². The number of rotatable bonds is 8. The number of hydrogen-bond acceptors (Lipinski definition) is 4. The Labute approximate surface area is 231 Å². The molecule has 0 aliphatic rings. The summed E-state index contributed by atoms with van der Waals surface area (Å²) in [5.74, 6) is -0.320. The molecular weight excluding hydrogens is 532 g/mol. The normalized spacial score (nSPS) is 11.3. The third kappa shape index (κ3) is 6.09. The van der Waals surface area contributed by atoms with Crippen molar-refractivity contribution in [1.82, 2.24) is 9.78 Å². The van der Waals surface area contributed by atoms with Crippen molar-refractivity contribution >= 4 is 33.2 Å². The summed E-state index contributed by atoms with van der Waals surface area (Å²) in [4.78, 5) is 13.8. The summed E-state index contributed by atoms with van der Waals surface area (Å²) in [7, 11) is -3.86. The molecule has 196 valence electrons. The number of sulfonamides is 1. The van der Waals surface area contributed by atoms with Crippen LogP contribution >= 0.6 is 11.6 Å². The first-order valence-corrected chi connectivity index (χ1v) is 14.1. The van der Waals surface area contributed by atoms with E-state index in [9.17, 15) is 13.2 Å². The first-order valence-electron chi connectivity index (χ1n) is 12.2. The smallest absolute Gasteiger partial charge is 0.274 e. The van der Waals surface area contributed by atoms with E-state index in [0.29, 0.717) is 46.2 Å². The highest BCUT2D eigenvalue weighted by Crippen LogP contribution is 2.36. The number of para-hydroxylation sites is 1. The van der Waals surface area contributed by atoms with Crippen LogP contribution in [0.2, 0.25) is 5.02 Å². The number of benzene rings is 4. The summed E-state index contributed by atoms with van der Waals surface area (Å²) in [5.41, 5.74) is 4.66. The van der Waals surface area contributed by atoms with Crippen molar-refractivity contribution < 1.29 is 13.2 Å². The number of hydrogen-bond donors (Lipinski definition) is 2. The van der Waals surface area contributed by atoms with Crippen molar-refractivity contribution in [3.8, 4) is 22.4 Å². The van der Waals surface area contributed by atoms with E-state index in [-0.39, 0.29) is 10.8 Å². The minimum Gasteiger partial charge on any atom is -0.321 e. The lowest BCUT2D eigenvalue weighted by Crippen LogP contribution is -2.19. The van der Waals surface area contributed by atoms with Crippen LogP contribution in [-0.2, 0) is 23.0 Å². The highest BCUT2D eigenvalue weighted by atomic mass is 35.5. The second kappa shape index (κ2) is 11.2. The third-order valence-electron chi connectivity index (χ3n) is 6.24. The van der Waals surface area contributed by atoms with E-state index < -0.39 is 10.0 Å². The molecule has 7 nitrogen and oxygen atoms in total. The summed E-state index contributed by atoms with van der Waals surface area (Å²) in [6, 6.07) is 32.5. The summed E-state index contributed by atoms with van der Waals surface area (Å²) >= 11 is 6.18. The zero-order valence-electron chi connectivity index (χ0n) is 20.8. The topological polar surface area (TPSA) is 107 Å². The third-order valence-corrected chi connectivity index (χ3v) is 7.42. The van der Waals surface area contributed by atoms with Gasteiger partial charge in [0.2, 0.25) is 10.0 Å². The van der Waals surface area contributed by atoms with Crippen LogP contribution in [0.4, 0.5) is 5.69 Å². The first kappa shape index (κ1) is 26.4. The van der Waals surface area contributed by atoms with Crippen molar-refractivity contribution in [3.63, 3.8) is 0 Å². The molecule has 3 N–H and O–H groups in total. The maximum absolute atomic E-state index is 13.8. The lowest BCUT2D eigenvalue weighted by Gasteiger charge is -2.11. The molecule has 0 saturated heterocycles. The molecule has 1 amide bonds. The number of nitrogens with two attached hydrogens (primary N) is 1. The molecule has 0 fully saturated rings. The quantitative estimate of drug-likeness (QED) is 0.244. The zero-order chi connectivity index (χ0) is 27.4. The Balaban J connectivity index is 1.67. The number of anilines is 1. The van der Waals surface area contributed by atoms with Gasteiger partial charge in [0.05, 0.1) is 4.90 Å². The predicted octanol–water partition coefficient (Wildman–Crippen LogP) is 6.01. The van der Waals surface area contributed by atoms with Crippen LogP contribution < -0.4 is 10.5 Å². The van der Waals surface area contributed by atoms with E-state index >= 15 is 0 Å². The average molecular weight is 557 g/mol. The van der Waals surface area contributed by atoms with Gasteiger partial charge in [-0.15, -0.1) is 0 Å². The van der Waals surface area contributed by atoms with Gasteiger partial charge in [-0.3, -0.25) is 9.48 Å². The number of primary sulfonamides is 1. The Morgan fingerprint density at radius 2 is 1.41 bits per heavy atom. The maximum Gasteiger partial charge on any atom is 0.274 e. The minimum atomic E-state index is -3.86. The van der Waals surface area contributed by atoms with Crippen LogP contribution in [0.5, 0.6) is 0 Å². The van der Waals surface area contributed by atoms with E-state index in [1.54, 1.807) is 28.9 Å². The Kier molecular flexibility index (Phi) is 7.60. The van der Waals surface area contributed by atoms with E-state index in [2.05, 4.69) is 5.32 Å². The molecule has 0 saturated carbocycles. The van der Waals surface area contributed by atoms with Crippen molar-refractivity contribution in [2.75, 3.05) is 5.32 Å². The SMILES string of the molecule is NS(=O)(=O)c1ccc(-c2nn(CCc3ccccc3)c(C(=O)Nc3ccccc3)c2-c2ccc(Cl)cc2)cc1. The fraction of sp³-hybridized carbons (Fsp3) is 0.0667. The molecule has 9 heteroatoms. The summed E-state index contributed by atoms with van der Waals surface area (Å²) in [6.45, 7) is 0.442. The van der Waals surface area contributed by atoms with Gasteiger partial charge in [0.15, 0.2) is 0 Å². The second-order valence-electron chi connectivity index (χ2n) is 8.93. The molecule has 5 aromatic rings. The molecule has 0 aliphatic carbocycles. The van der Waals surface area contributed by atoms with Gasteiger partial charge in [0.25, 0.3) is 5.91 Å². The Morgan fingerprint density at radius 1 is 0.821 bits per heavy atom. The van der Waals surface area contributed by atoms with E-state index in [1.807, 2.05) is 72.8 Å². The number of carbonyl (C=O) groups is 1. The van der Waals surface area contributed by atoms with Gasteiger partial charge >= 0.3 is 0 Å². The molecule has 0 aliphatic heterocycles. The number of carbonyl (C=O) groups excluding carboxylic acids is 1. The Bertz CT molecular complexity index is 1700. The van der Waals surface area contributed by atoms with E-state index in [0.717, 1.165) is 11.1 Å². The van der Waals surface area contributed by atoms with Crippen molar-refractivity contribution in [2.45, 2.75) is 17.9 Å². The van der Waals surface area contributed by atoms with E-state index in [4.69, 9.17) is 21.8 Å². The second-order valence-corrected chi connectivity index (χ2v) is 10.9. The highest BCUT2D eigenvalue weighted by molar-refractivity contribution is 7.89. The first-order chi connectivity index (χ1) is 18.8. The molecule has 1 aromatic heterocycles. The minimum absolute atomic E-state index is 0.00940. The van der Waals surface area contributed by atoms with Crippen molar-refractivity contribution in [3.05, 3.63) is 125 Å². The molecule has 4 aromatic carbocycles. The average Bonchev–Trinajstić information content (AvgIpc) is 3.33. The Hall–Kier alpha value is -4.24. The van der Waals surface area contributed by atoms with Crippen LogP contribution in [0.15, 0.2) is 114 Å². The number of nitrogens with one attached hydrogen (secondary N) is 1. The summed E-state index contributed by atoms with van der Waals surface area (Å²) in [6.07, 6.45) is 0.651. The van der Waals surface area contributed by atoms with E-state index in [1.165, 1.54) is 12.1 Å². The van der Waals surface area contributed by atoms with Crippen LogP contribution in [-0.4, -0.2) is 24.1 Å². The standard InChI is InChI=1S/C30H25ClN4O3S/c31-24-15-11-22(12-16-24)27-28(23-13-17-26(18-14-23)39(32,37)38)34-35(20-19-21-7-3-1-4-8-21)29(27)30(36)33-25-9-5-2-6-10-25/h1-18H,19-20H2,(H,33,36)(H2,32,37,38). The number of nitrogens with zero attached hydrogens (tertiary/aromatic N) is 2. The molecule has 0 unspecified atom stereocenters. The molecule has 0 bridgehead atoms. The number of aryl methyl sites for hydroxylation is 2. The van der Waals surface area contributed by atoms with Gasteiger partial charge in [-0.25, -0.2) is 13.6 Å². The van der Waals surface area contributed by atoms with Crippen LogP contribution in [0, 0.1) is 0 Å². The van der Waals surface area contributed by atoms with Crippen LogP contribution in [0.3, 0.4) is 0 Å². The number of amides is 1. The number of aromatic nitrogens is 2. The molecule has 0 atom stereocenters. The number of halogens is 1.